The molecule has 0 atom stereocenters. The van der Waals surface area contributed by atoms with E-state index in [-0.39, 0.29) is 5.91 Å². The van der Waals surface area contributed by atoms with Crippen LogP contribution in [0.1, 0.15) is 21.7 Å². The smallest absolute Gasteiger partial charge is 0.287 e. The minimum Gasteiger partial charge on any atom is -0.451 e. The van der Waals surface area contributed by atoms with E-state index in [4.69, 9.17) is 27.6 Å². The molecule has 0 radical (unpaired) electrons. The number of amides is 1. The molecule has 3 nitrogen and oxygen atoms in total. The molecule has 0 spiro atoms. The number of nitrogens with one attached hydrogen (secondary N) is 1. The summed E-state index contributed by atoms with van der Waals surface area (Å²) in [5, 5.41) is 4.84. The number of aryl methyl sites for hydroxylation is 1. The second-order valence-corrected chi connectivity index (χ2v) is 5.81. The maximum absolute atomic E-state index is 12.3. The molecule has 1 heterocycles. The third-order valence-corrected chi connectivity index (χ3v) is 4.09. The van der Waals surface area contributed by atoms with Gasteiger partial charge in [0.15, 0.2) is 5.76 Å². The lowest BCUT2D eigenvalue weighted by molar-refractivity contribution is 0.0924. The summed E-state index contributed by atoms with van der Waals surface area (Å²) >= 11 is 11.9. The summed E-state index contributed by atoms with van der Waals surface area (Å²) in [5.41, 5.74) is 2.33. The lowest BCUT2D eigenvalue weighted by Gasteiger charge is -2.06. The molecule has 112 valence electrons. The highest BCUT2D eigenvalue weighted by atomic mass is 35.5. The molecule has 3 aromatic rings. The van der Waals surface area contributed by atoms with Gasteiger partial charge in [-0.2, -0.15) is 0 Å². The number of carbonyl (C=O) groups excluding carboxylic acids is 1. The van der Waals surface area contributed by atoms with E-state index in [1.54, 1.807) is 18.2 Å². The third-order valence-electron chi connectivity index (χ3n) is 3.50. The lowest BCUT2D eigenvalue weighted by Crippen LogP contribution is -2.23. The van der Waals surface area contributed by atoms with Crippen molar-refractivity contribution in [1.82, 2.24) is 5.32 Å². The summed E-state index contributed by atoms with van der Waals surface area (Å²) in [6.45, 7) is 2.18. The van der Waals surface area contributed by atoms with E-state index in [0.717, 1.165) is 16.5 Å². The van der Waals surface area contributed by atoms with E-state index >= 15 is 0 Å². The van der Waals surface area contributed by atoms with E-state index in [2.05, 4.69) is 5.32 Å². The number of hydrogen-bond acceptors (Lipinski definition) is 2. The highest BCUT2D eigenvalue weighted by molar-refractivity contribution is 6.35. The standard InChI is InChI=1S/C17H13Cl2NO2/c1-10-13-4-2-3-5-15(13)22-16(10)17(21)20-9-11-6-7-12(18)8-14(11)19/h2-8H,9H2,1H3,(H,20,21). The number of benzene rings is 2. The van der Waals surface area contributed by atoms with Crippen LogP contribution in [0.4, 0.5) is 0 Å². The topological polar surface area (TPSA) is 42.2 Å². The van der Waals surface area contributed by atoms with Gasteiger partial charge in [0.25, 0.3) is 5.91 Å². The van der Waals surface area contributed by atoms with Crippen LogP contribution in [0.5, 0.6) is 0 Å². The summed E-state index contributed by atoms with van der Waals surface area (Å²) in [6, 6.07) is 12.7. The van der Waals surface area contributed by atoms with Gasteiger partial charge in [0, 0.05) is 27.5 Å². The summed E-state index contributed by atoms with van der Waals surface area (Å²) in [5.74, 6) is 0.0611. The maximum atomic E-state index is 12.3. The Labute approximate surface area is 137 Å². The lowest BCUT2D eigenvalue weighted by atomic mass is 10.1. The molecule has 0 saturated heterocycles. The zero-order valence-corrected chi connectivity index (χ0v) is 13.3. The predicted molar refractivity (Wildman–Crippen MR) is 88.6 cm³/mol. The fourth-order valence-corrected chi connectivity index (χ4v) is 2.79. The summed E-state index contributed by atoms with van der Waals surface area (Å²) < 4.78 is 5.63. The Balaban J connectivity index is 1.80. The first-order valence-electron chi connectivity index (χ1n) is 6.76. The van der Waals surface area contributed by atoms with Crippen LogP contribution in [0.3, 0.4) is 0 Å². The monoisotopic (exact) mass is 333 g/mol. The van der Waals surface area contributed by atoms with Crippen molar-refractivity contribution < 1.29 is 9.21 Å². The molecule has 0 bridgehead atoms. The van der Waals surface area contributed by atoms with Gasteiger partial charge >= 0.3 is 0 Å². The molecule has 1 N–H and O–H groups in total. The number of fused-ring (bicyclic) bond motifs is 1. The maximum Gasteiger partial charge on any atom is 0.287 e. The number of rotatable bonds is 3. The van der Waals surface area contributed by atoms with Gasteiger partial charge in [-0.3, -0.25) is 4.79 Å². The largest absolute Gasteiger partial charge is 0.451 e. The molecule has 0 aliphatic rings. The van der Waals surface area contributed by atoms with Crippen molar-refractivity contribution in [1.29, 1.82) is 0 Å². The van der Waals surface area contributed by atoms with Gasteiger partial charge in [0.05, 0.1) is 0 Å². The highest BCUT2D eigenvalue weighted by Gasteiger charge is 2.17. The second kappa shape index (κ2) is 6.03. The molecule has 5 heteroatoms. The zero-order valence-electron chi connectivity index (χ0n) is 11.8. The van der Waals surface area contributed by atoms with Crippen molar-refractivity contribution in [2.45, 2.75) is 13.5 Å². The molecule has 0 unspecified atom stereocenters. The first-order valence-corrected chi connectivity index (χ1v) is 7.52. The Hall–Kier alpha value is -1.97. The molecule has 0 aliphatic carbocycles. The number of halogens is 2. The van der Waals surface area contributed by atoms with Gasteiger partial charge in [0.1, 0.15) is 5.58 Å². The molecule has 1 aromatic heterocycles. The molecule has 1 amide bonds. The van der Waals surface area contributed by atoms with Crippen molar-refractivity contribution in [3.8, 4) is 0 Å². The molecular weight excluding hydrogens is 321 g/mol. The normalized spacial score (nSPS) is 10.9. The third kappa shape index (κ3) is 2.82. The van der Waals surface area contributed by atoms with E-state index in [9.17, 15) is 4.79 Å². The first kappa shape index (κ1) is 14.9. The van der Waals surface area contributed by atoms with Crippen LogP contribution in [0.2, 0.25) is 10.0 Å². The Kier molecular flexibility index (Phi) is 4.10. The van der Waals surface area contributed by atoms with E-state index in [1.165, 1.54) is 0 Å². The average molecular weight is 334 g/mol. The van der Waals surface area contributed by atoms with Crippen molar-refractivity contribution >= 4 is 40.1 Å². The van der Waals surface area contributed by atoms with Crippen LogP contribution in [0.25, 0.3) is 11.0 Å². The molecule has 0 saturated carbocycles. The minimum atomic E-state index is -0.264. The van der Waals surface area contributed by atoms with Gasteiger partial charge < -0.3 is 9.73 Å². The van der Waals surface area contributed by atoms with Crippen molar-refractivity contribution in [3.05, 3.63) is 69.4 Å². The predicted octanol–water partition coefficient (Wildman–Crippen LogP) is 4.98. The Morgan fingerprint density at radius 2 is 1.95 bits per heavy atom. The van der Waals surface area contributed by atoms with Crippen molar-refractivity contribution in [2.24, 2.45) is 0 Å². The van der Waals surface area contributed by atoms with Gasteiger partial charge in [0.2, 0.25) is 0 Å². The number of para-hydroxylation sites is 1. The number of hydrogen-bond donors (Lipinski definition) is 1. The zero-order chi connectivity index (χ0) is 15.7. The SMILES string of the molecule is Cc1c(C(=O)NCc2ccc(Cl)cc2Cl)oc2ccccc12. The van der Waals surface area contributed by atoms with Gasteiger partial charge in [-0.1, -0.05) is 47.5 Å². The molecule has 22 heavy (non-hydrogen) atoms. The van der Waals surface area contributed by atoms with Crippen LogP contribution in [0, 0.1) is 6.92 Å². The van der Waals surface area contributed by atoms with Crippen molar-refractivity contribution in [2.75, 3.05) is 0 Å². The summed E-state index contributed by atoms with van der Waals surface area (Å²) in [7, 11) is 0. The van der Waals surface area contributed by atoms with Crippen LogP contribution in [0.15, 0.2) is 46.9 Å². The van der Waals surface area contributed by atoms with Gasteiger partial charge in [-0.15, -0.1) is 0 Å². The fourth-order valence-electron chi connectivity index (χ4n) is 2.31. The molecular formula is C17H13Cl2NO2. The van der Waals surface area contributed by atoms with Crippen LogP contribution in [-0.4, -0.2) is 5.91 Å². The Bertz CT molecular complexity index is 855. The van der Waals surface area contributed by atoms with Crippen molar-refractivity contribution in [3.63, 3.8) is 0 Å². The quantitative estimate of drug-likeness (QED) is 0.734. The second-order valence-electron chi connectivity index (χ2n) is 4.97. The summed E-state index contributed by atoms with van der Waals surface area (Å²) in [6.07, 6.45) is 0. The molecule has 0 aliphatic heterocycles. The van der Waals surface area contributed by atoms with E-state index in [0.29, 0.717) is 27.9 Å². The van der Waals surface area contributed by atoms with Crippen LogP contribution < -0.4 is 5.32 Å². The molecule has 3 rings (SSSR count). The van der Waals surface area contributed by atoms with E-state index in [1.807, 2.05) is 31.2 Å². The molecule has 0 fully saturated rings. The number of furan rings is 1. The van der Waals surface area contributed by atoms with Gasteiger partial charge in [-0.05, 0) is 30.7 Å². The average Bonchev–Trinajstić information content (AvgIpc) is 2.84. The fraction of sp³-hybridized carbons (Fsp3) is 0.118. The Morgan fingerprint density at radius 3 is 2.68 bits per heavy atom. The number of carbonyl (C=O) groups is 1. The van der Waals surface area contributed by atoms with Gasteiger partial charge in [-0.25, -0.2) is 0 Å². The van der Waals surface area contributed by atoms with Crippen LogP contribution >= 0.6 is 23.2 Å². The molecule has 2 aromatic carbocycles. The minimum absolute atomic E-state index is 0.264. The summed E-state index contributed by atoms with van der Waals surface area (Å²) in [4.78, 5) is 12.3. The van der Waals surface area contributed by atoms with Crippen LogP contribution in [-0.2, 0) is 6.54 Å². The Morgan fingerprint density at radius 1 is 1.18 bits per heavy atom. The first-order chi connectivity index (χ1) is 10.6. The highest BCUT2D eigenvalue weighted by Crippen LogP contribution is 2.25. The van der Waals surface area contributed by atoms with E-state index < -0.39 is 0 Å².